The Balaban J connectivity index is 1.91. The number of hydrogen-bond acceptors (Lipinski definition) is 3. The van der Waals surface area contributed by atoms with E-state index in [1.165, 1.54) is 0 Å². The Morgan fingerprint density at radius 3 is 2.79 bits per heavy atom. The van der Waals surface area contributed by atoms with Crippen LogP contribution >= 0.6 is 0 Å². The number of benzene rings is 1. The van der Waals surface area contributed by atoms with Gasteiger partial charge in [0.25, 0.3) is 0 Å². The fraction of sp³-hybridized carbons (Fsp3) is 0.500. The molecule has 0 spiro atoms. The Kier molecular flexibility index (Phi) is 5.82. The number of alkyl halides is 3. The fourth-order valence-corrected chi connectivity index (χ4v) is 2.51. The van der Waals surface area contributed by atoms with Crippen molar-refractivity contribution < 1.29 is 27.5 Å². The number of nitrogens with one attached hydrogen (secondary N) is 1. The number of amides is 2. The van der Waals surface area contributed by atoms with Crippen LogP contribution in [0.3, 0.4) is 0 Å². The summed E-state index contributed by atoms with van der Waals surface area (Å²) in [5.74, 6) is -0.571. The Bertz CT molecular complexity index is 604. The second-order valence-corrected chi connectivity index (χ2v) is 5.64. The van der Waals surface area contributed by atoms with E-state index in [1.54, 1.807) is 30.0 Å². The van der Waals surface area contributed by atoms with E-state index in [1.807, 2.05) is 6.07 Å². The van der Waals surface area contributed by atoms with Gasteiger partial charge in [0.15, 0.2) is 0 Å². The van der Waals surface area contributed by atoms with Crippen molar-refractivity contribution in [3.8, 4) is 0 Å². The molecule has 2 rings (SSSR count). The monoisotopic (exact) mass is 344 g/mol. The molecule has 24 heavy (non-hydrogen) atoms. The van der Waals surface area contributed by atoms with Gasteiger partial charge in [-0.3, -0.25) is 9.59 Å². The van der Waals surface area contributed by atoms with Gasteiger partial charge < -0.3 is 15.0 Å². The van der Waals surface area contributed by atoms with E-state index in [4.69, 9.17) is 0 Å². The van der Waals surface area contributed by atoms with E-state index in [9.17, 15) is 22.8 Å². The third-order valence-corrected chi connectivity index (χ3v) is 3.63. The Labute approximate surface area is 137 Å². The minimum atomic E-state index is -4.46. The standard InChI is InChI=1S/C16H19F3N2O3/c1-11(20-14(22)9-24-10-16(17,18)19)12-4-2-5-13(8-12)21-7-3-6-15(21)23/h2,4-5,8,11H,3,6-7,9-10H2,1H3,(H,20,22). The van der Waals surface area contributed by atoms with Gasteiger partial charge in [-0.25, -0.2) is 0 Å². The lowest BCUT2D eigenvalue weighted by atomic mass is 10.1. The Morgan fingerprint density at radius 2 is 2.17 bits per heavy atom. The molecular formula is C16H19F3N2O3. The van der Waals surface area contributed by atoms with Crippen LogP contribution < -0.4 is 10.2 Å². The van der Waals surface area contributed by atoms with Crippen LogP contribution in [0.2, 0.25) is 0 Å². The van der Waals surface area contributed by atoms with E-state index in [2.05, 4.69) is 10.1 Å². The largest absolute Gasteiger partial charge is 0.411 e. The summed E-state index contributed by atoms with van der Waals surface area (Å²) in [5.41, 5.74) is 1.51. The molecule has 1 aliphatic rings. The van der Waals surface area contributed by atoms with Gasteiger partial charge >= 0.3 is 6.18 Å². The zero-order valence-electron chi connectivity index (χ0n) is 13.2. The molecule has 1 atom stereocenters. The van der Waals surface area contributed by atoms with Gasteiger partial charge in [-0.2, -0.15) is 13.2 Å². The smallest absolute Gasteiger partial charge is 0.362 e. The van der Waals surface area contributed by atoms with Gasteiger partial charge in [0.05, 0.1) is 6.04 Å². The van der Waals surface area contributed by atoms with E-state index in [-0.39, 0.29) is 5.91 Å². The molecule has 0 aromatic heterocycles. The number of halogens is 3. The molecule has 0 aliphatic carbocycles. The van der Waals surface area contributed by atoms with Gasteiger partial charge in [-0.15, -0.1) is 0 Å². The first-order valence-electron chi connectivity index (χ1n) is 7.60. The Morgan fingerprint density at radius 1 is 1.42 bits per heavy atom. The first-order valence-corrected chi connectivity index (χ1v) is 7.60. The van der Waals surface area contributed by atoms with Gasteiger partial charge in [0.2, 0.25) is 11.8 Å². The van der Waals surface area contributed by atoms with Gasteiger partial charge in [0, 0.05) is 18.7 Å². The molecule has 1 saturated heterocycles. The number of carbonyl (C=O) groups is 2. The number of hydrogen-bond donors (Lipinski definition) is 1. The van der Waals surface area contributed by atoms with Crippen molar-refractivity contribution in [3.63, 3.8) is 0 Å². The molecule has 132 valence electrons. The maximum Gasteiger partial charge on any atom is 0.411 e. The molecule has 1 aromatic carbocycles. The van der Waals surface area contributed by atoms with Crippen LogP contribution in [0.15, 0.2) is 24.3 Å². The highest BCUT2D eigenvalue weighted by molar-refractivity contribution is 5.95. The summed E-state index contributed by atoms with van der Waals surface area (Å²) >= 11 is 0. The molecule has 1 N–H and O–H groups in total. The topological polar surface area (TPSA) is 58.6 Å². The van der Waals surface area contributed by atoms with Crippen LogP contribution in [-0.4, -0.2) is 37.7 Å². The van der Waals surface area contributed by atoms with Crippen LogP contribution in [-0.2, 0) is 14.3 Å². The summed E-state index contributed by atoms with van der Waals surface area (Å²) in [7, 11) is 0. The molecule has 1 unspecified atom stereocenters. The van der Waals surface area contributed by atoms with E-state index < -0.39 is 31.3 Å². The second kappa shape index (κ2) is 7.65. The van der Waals surface area contributed by atoms with Crippen LogP contribution in [0, 0.1) is 0 Å². The third-order valence-electron chi connectivity index (χ3n) is 3.63. The zero-order chi connectivity index (χ0) is 17.7. The predicted molar refractivity (Wildman–Crippen MR) is 81.5 cm³/mol. The summed E-state index contributed by atoms with van der Waals surface area (Å²) in [5, 5.41) is 2.58. The average Bonchev–Trinajstić information content (AvgIpc) is 2.92. The van der Waals surface area contributed by atoms with Crippen LogP contribution in [0.25, 0.3) is 0 Å². The lowest BCUT2D eigenvalue weighted by Crippen LogP contribution is -2.32. The zero-order valence-corrected chi connectivity index (χ0v) is 13.2. The molecule has 0 saturated carbocycles. The second-order valence-electron chi connectivity index (χ2n) is 5.64. The van der Waals surface area contributed by atoms with Crippen molar-refractivity contribution in [1.82, 2.24) is 5.32 Å². The maximum atomic E-state index is 12.0. The molecule has 5 nitrogen and oxygen atoms in total. The third kappa shape index (κ3) is 5.23. The molecular weight excluding hydrogens is 325 g/mol. The molecule has 0 radical (unpaired) electrons. The number of ether oxygens (including phenoxy) is 1. The van der Waals surface area contributed by atoms with Crippen molar-refractivity contribution in [3.05, 3.63) is 29.8 Å². The first kappa shape index (κ1) is 18.3. The molecule has 2 amide bonds. The minimum absolute atomic E-state index is 0.0596. The highest BCUT2D eigenvalue weighted by atomic mass is 19.4. The van der Waals surface area contributed by atoms with Crippen LogP contribution in [0.4, 0.5) is 18.9 Å². The number of carbonyl (C=O) groups excluding carboxylic acids is 2. The quantitative estimate of drug-likeness (QED) is 0.863. The van der Waals surface area contributed by atoms with Crippen molar-refractivity contribution >= 4 is 17.5 Å². The summed E-state index contributed by atoms with van der Waals surface area (Å²) < 4.78 is 40.2. The maximum absolute atomic E-state index is 12.0. The fourth-order valence-electron chi connectivity index (χ4n) is 2.51. The van der Waals surface area contributed by atoms with Crippen LogP contribution in [0.1, 0.15) is 31.4 Å². The lowest BCUT2D eigenvalue weighted by molar-refractivity contribution is -0.175. The molecule has 8 heteroatoms. The van der Waals surface area contributed by atoms with Gasteiger partial charge in [-0.1, -0.05) is 12.1 Å². The van der Waals surface area contributed by atoms with Crippen molar-refractivity contribution in [2.45, 2.75) is 32.0 Å². The van der Waals surface area contributed by atoms with E-state index in [0.29, 0.717) is 13.0 Å². The van der Waals surface area contributed by atoms with E-state index >= 15 is 0 Å². The molecule has 1 fully saturated rings. The summed E-state index contributed by atoms with van der Waals surface area (Å²) in [6, 6.07) is 6.76. The van der Waals surface area contributed by atoms with Crippen molar-refractivity contribution in [2.75, 3.05) is 24.7 Å². The van der Waals surface area contributed by atoms with Crippen LogP contribution in [0.5, 0.6) is 0 Å². The molecule has 1 heterocycles. The Hall–Kier alpha value is -2.09. The van der Waals surface area contributed by atoms with Crippen molar-refractivity contribution in [1.29, 1.82) is 0 Å². The molecule has 1 aliphatic heterocycles. The highest BCUT2D eigenvalue weighted by Crippen LogP contribution is 2.24. The SMILES string of the molecule is CC(NC(=O)COCC(F)(F)F)c1cccc(N2CCCC2=O)c1. The number of rotatable bonds is 6. The highest BCUT2D eigenvalue weighted by Gasteiger charge is 2.28. The minimum Gasteiger partial charge on any atom is -0.362 e. The van der Waals surface area contributed by atoms with Crippen molar-refractivity contribution in [2.24, 2.45) is 0 Å². The molecule has 1 aromatic rings. The number of anilines is 1. The molecule has 0 bridgehead atoms. The summed E-state index contributed by atoms with van der Waals surface area (Å²) in [4.78, 5) is 25.1. The van der Waals surface area contributed by atoms with Gasteiger partial charge in [0.1, 0.15) is 13.2 Å². The van der Waals surface area contributed by atoms with Gasteiger partial charge in [-0.05, 0) is 31.0 Å². The first-order chi connectivity index (χ1) is 11.3. The summed E-state index contributed by atoms with van der Waals surface area (Å²) in [6.07, 6.45) is -3.12. The number of nitrogens with zero attached hydrogens (tertiary/aromatic N) is 1. The summed E-state index contributed by atoms with van der Waals surface area (Å²) in [6.45, 7) is 0.260. The normalized spacial score (nSPS) is 16.3. The van der Waals surface area contributed by atoms with E-state index in [0.717, 1.165) is 17.7 Å². The lowest BCUT2D eigenvalue weighted by Gasteiger charge is -2.19. The predicted octanol–water partition coefficient (Wildman–Crippen LogP) is 2.57. The average molecular weight is 344 g/mol.